The standard InChI is InChI=1S/C18H33ClO4/c1-3-5-7-9-11-13-22-17(20)15-16(19)18(21)23-14-12-10-8-6-4-2/h16H,3-15H2,1-2H3. The Kier molecular flexibility index (Phi) is 15.6. The first-order valence-corrected chi connectivity index (χ1v) is 9.51. The fourth-order valence-electron chi connectivity index (χ4n) is 2.15. The van der Waals surface area contributed by atoms with Gasteiger partial charge in [-0.25, -0.2) is 0 Å². The maximum Gasteiger partial charge on any atom is 0.324 e. The number of alkyl halides is 1. The van der Waals surface area contributed by atoms with Crippen LogP contribution in [0.25, 0.3) is 0 Å². The second kappa shape index (κ2) is 16.1. The SMILES string of the molecule is CCCCCCCOC(=O)CC(Cl)C(=O)OCCCCCCC. The summed E-state index contributed by atoms with van der Waals surface area (Å²) < 4.78 is 10.2. The molecule has 0 bridgehead atoms. The summed E-state index contributed by atoms with van der Waals surface area (Å²) in [6.45, 7) is 5.09. The average molecular weight is 349 g/mol. The number of unbranched alkanes of at least 4 members (excludes halogenated alkanes) is 8. The van der Waals surface area contributed by atoms with Crippen LogP contribution in [0.1, 0.15) is 84.5 Å². The van der Waals surface area contributed by atoms with E-state index in [4.69, 9.17) is 21.1 Å². The molecular formula is C18H33ClO4. The lowest BCUT2D eigenvalue weighted by Crippen LogP contribution is -2.23. The number of rotatable bonds is 15. The predicted molar refractivity (Wildman–Crippen MR) is 93.7 cm³/mol. The van der Waals surface area contributed by atoms with Crippen molar-refractivity contribution in [3.63, 3.8) is 0 Å². The molecule has 5 heteroatoms. The van der Waals surface area contributed by atoms with Gasteiger partial charge in [-0.05, 0) is 12.8 Å². The fraction of sp³-hybridized carbons (Fsp3) is 0.889. The first-order chi connectivity index (χ1) is 11.1. The third-order valence-corrected chi connectivity index (χ3v) is 3.94. The molecule has 0 heterocycles. The Bertz CT molecular complexity index is 307. The maximum absolute atomic E-state index is 11.7. The molecule has 1 unspecified atom stereocenters. The van der Waals surface area contributed by atoms with Gasteiger partial charge in [-0.1, -0.05) is 65.2 Å². The second-order valence-electron chi connectivity index (χ2n) is 5.89. The number of hydrogen-bond acceptors (Lipinski definition) is 4. The lowest BCUT2D eigenvalue weighted by atomic mass is 10.2. The zero-order valence-corrected chi connectivity index (χ0v) is 15.5. The number of carbonyl (C=O) groups is 2. The molecular weight excluding hydrogens is 316 g/mol. The quantitative estimate of drug-likeness (QED) is 0.237. The summed E-state index contributed by atoms with van der Waals surface area (Å²) in [7, 11) is 0. The molecule has 0 N–H and O–H groups in total. The van der Waals surface area contributed by atoms with E-state index in [9.17, 15) is 9.59 Å². The molecule has 0 aliphatic heterocycles. The van der Waals surface area contributed by atoms with Crippen LogP contribution < -0.4 is 0 Å². The lowest BCUT2D eigenvalue weighted by Gasteiger charge is -2.10. The molecule has 23 heavy (non-hydrogen) atoms. The molecule has 0 rings (SSSR count). The van der Waals surface area contributed by atoms with Crippen LogP contribution in [0.3, 0.4) is 0 Å². The Morgan fingerprint density at radius 3 is 1.78 bits per heavy atom. The topological polar surface area (TPSA) is 52.6 Å². The van der Waals surface area contributed by atoms with E-state index in [1.165, 1.54) is 25.7 Å². The first kappa shape index (κ1) is 22.2. The van der Waals surface area contributed by atoms with Crippen molar-refractivity contribution in [3.8, 4) is 0 Å². The van der Waals surface area contributed by atoms with Gasteiger partial charge in [-0.2, -0.15) is 0 Å². The van der Waals surface area contributed by atoms with Crippen LogP contribution in [0.4, 0.5) is 0 Å². The molecule has 136 valence electrons. The number of carbonyl (C=O) groups excluding carboxylic acids is 2. The lowest BCUT2D eigenvalue weighted by molar-refractivity contribution is -0.150. The van der Waals surface area contributed by atoms with Gasteiger partial charge in [0, 0.05) is 0 Å². The van der Waals surface area contributed by atoms with Crippen LogP contribution in [0.15, 0.2) is 0 Å². The molecule has 0 amide bonds. The molecule has 0 aromatic rings. The molecule has 0 spiro atoms. The molecule has 0 saturated carbocycles. The molecule has 1 atom stereocenters. The average Bonchev–Trinajstić information content (AvgIpc) is 2.53. The van der Waals surface area contributed by atoms with Gasteiger partial charge < -0.3 is 9.47 Å². The van der Waals surface area contributed by atoms with E-state index >= 15 is 0 Å². The van der Waals surface area contributed by atoms with Crippen molar-refractivity contribution in [2.24, 2.45) is 0 Å². The fourth-order valence-corrected chi connectivity index (χ4v) is 2.34. The van der Waals surface area contributed by atoms with Crippen LogP contribution in [-0.2, 0) is 19.1 Å². The van der Waals surface area contributed by atoms with Crippen molar-refractivity contribution in [2.45, 2.75) is 89.9 Å². The highest BCUT2D eigenvalue weighted by molar-refractivity contribution is 6.30. The minimum Gasteiger partial charge on any atom is -0.466 e. The number of halogens is 1. The van der Waals surface area contributed by atoms with Crippen LogP contribution in [-0.4, -0.2) is 30.5 Å². The third-order valence-electron chi connectivity index (χ3n) is 3.60. The minimum atomic E-state index is -0.946. The van der Waals surface area contributed by atoms with Crippen LogP contribution in [0, 0.1) is 0 Å². The summed E-state index contributed by atoms with van der Waals surface area (Å²) >= 11 is 5.89. The highest BCUT2D eigenvalue weighted by Crippen LogP contribution is 2.09. The summed E-state index contributed by atoms with van der Waals surface area (Å²) in [4.78, 5) is 23.2. The van der Waals surface area contributed by atoms with Crippen molar-refractivity contribution in [1.29, 1.82) is 0 Å². The second-order valence-corrected chi connectivity index (χ2v) is 6.41. The number of hydrogen-bond donors (Lipinski definition) is 0. The van der Waals surface area contributed by atoms with Gasteiger partial charge in [0.05, 0.1) is 19.6 Å². The predicted octanol–water partition coefficient (Wildman–Crippen LogP) is 5.01. The number of ether oxygens (including phenoxy) is 2. The zero-order chi connectivity index (χ0) is 17.3. The Balaban J connectivity index is 3.59. The molecule has 0 aliphatic carbocycles. The van der Waals surface area contributed by atoms with Crippen molar-refractivity contribution in [1.82, 2.24) is 0 Å². The minimum absolute atomic E-state index is 0.120. The van der Waals surface area contributed by atoms with Gasteiger partial charge in [0.1, 0.15) is 5.38 Å². The Labute approximate surface area is 146 Å². The van der Waals surface area contributed by atoms with Crippen molar-refractivity contribution < 1.29 is 19.1 Å². The van der Waals surface area contributed by atoms with Gasteiger partial charge in [-0.3, -0.25) is 9.59 Å². The van der Waals surface area contributed by atoms with Crippen molar-refractivity contribution in [3.05, 3.63) is 0 Å². The largest absolute Gasteiger partial charge is 0.466 e. The Hall–Kier alpha value is -0.770. The number of esters is 2. The zero-order valence-electron chi connectivity index (χ0n) is 14.8. The van der Waals surface area contributed by atoms with E-state index in [-0.39, 0.29) is 6.42 Å². The van der Waals surface area contributed by atoms with E-state index in [2.05, 4.69) is 13.8 Å². The van der Waals surface area contributed by atoms with Crippen LogP contribution in [0.5, 0.6) is 0 Å². The summed E-state index contributed by atoms with van der Waals surface area (Å²) in [6, 6.07) is 0. The monoisotopic (exact) mass is 348 g/mol. The molecule has 0 aromatic carbocycles. The highest BCUT2D eigenvalue weighted by atomic mass is 35.5. The van der Waals surface area contributed by atoms with Crippen LogP contribution >= 0.6 is 11.6 Å². The Morgan fingerprint density at radius 2 is 1.26 bits per heavy atom. The van der Waals surface area contributed by atoms with Gasteiger partial charge in [-0.15, -0.1) is 11.6 Å². The van der Waals surface area contributed by atoms with E-state index in [0.29, 0.717) is 13.2 Å². The smallest absolute Gasteiger partial charge is 0.324 e. The van der Waals surface area contributed by atoms with E-state index < -0.39 is 17.3 Å². The Morgan fingerprint density at radius 1 is 0.783 bits per heavy atom. The molecule has 0 fully saturated rings. The summed E-state index contributed by atoms with van der Waals surface area (Å²) in [5, 5.41) is -0.946. The summed E-state index contributed by atoms with van der Waals surface area (Å²) in [6.07, 6.45) is 10.8. The molecule has 4 nitrogen and oxygen atoms in total. The molecule has 0 saturated heterocycles. The van der Waals surface area contributed by atoms with E-state index in [1.54, 1.807) is 0 Å². The van der Waals surface area contributed by atoms with Gasteiger partial charge in [0.15, 0.2) is 0 Å². The van der Waals surface area contributed by atoms with Gasteiger partial charge in [0.25, 0.3) is 0 Å². The molecule has 0 aliphatic rings. The third kappa shape index (κ3) is 14.5. The normalized spacial score (nSPS) is 12.0. The van der Waals surface area contributed by atoms with Gasteiger partial charge >= 0.3 is 11.9 Å². The van der Waals surface area contributed by atoms with E-state index in [1.807, 2.05) is 0 Å². The summed E-state index contributed by atoms with van der Waals surface area (Å²) in [5.41, 5.74) is 0. The molecule has 0 aromatic heterocycles. The highest BCUT2D eigenvalue weighted by Gasteiger charge is 2.21. The van der Waals surface area contributed by atoms with Crippen molar-refractivity contribution >= 4 is 23.5 Å². The summed E-state index contributed by atoms with van der Waals surface area (Å²) in [5.74, 6) is -0.956. The van der Waals surface area contributed by atoms with E-state index in [0.717, 1.165) is 38.5 Å². The van der Waals surface area contributed by atoms with Crippen molar-refractivity contribution in [2.75, 3.05) is 13.2 Å². The first-order valence-electron chi connectivity index (χ1n) is 9.08. The van der Waals surface area contributed by atoms with Gasteiger partial charge in [0.2, 0.25) is 0 Å². The van der Waals surface area contributed by atoms with Crippen LogP contribution in [0.2, 0.25) is 0 Å². The maximum atomic E-state index is 11.7. The molecule has 0 radical (unpaired) electrons.